The highest BCUT2D eigenvalue weighted by Crippen LogP contribution is 2.16. The Morgan fingerprint density at radius 3 is 3.36 bits per heavy atom. The van der Waals surface area contributed by atoms with Crippen molar-refractivity contribution in [2.45, 2.75) is 12.3 Å². The van der Waals surface area contributed by atoms with Gasteiger partial charge in [-0.05, 0) is 0 Å². The van der Waals surface area contributed by atoms with Crippen molar-refractivity contribution < 1.29 is 14.7 Å². The molecule has 2 aliphatic heterocycles. The van der Waals surface area contributed by atoms with Gasteiger partial charge in [-0.3, -0.25) is 14.9 Å². The fourth-order valence-corrected chi connectivity index (χ4v) is 1.15. The molecule has 2 fully saturated rings. The molecule has 0 radical (unpaired) electrons. The molecule has 2 atom stereocenters. The Morgan fingerprint density at radius 2 is 2.64 bits per heavy atom. The standard InChI is InChI=1S/C5H9N3O3/c9-3(10)1-8-2-11-7-4-5(8)6-4/h4-7H,1-2H2,(H,9,10). The molecular formula is C5H9N3O3. The van der Waals surface area contributed by atoms with Gasteiger partial charge in [0.25, 0.3) is 0 Å². The molecule has 0 bridgehead atoms. The van der Waals surface area contributed by atoms with Crippen molar-refractivity contribution in [2.75, 3.05) is 13.3 Å². The van der Waals surface area contributed by atoms with Crippen LogP contribution in [0, 0.1) is 0 Å². The third kappa shape index (κ3) is 1.33. The lowest BCUT2D eigenvalue weighted by Gasteiger charge is -2.22. The van der Waals surface area contributed by atoms with E-state index < -0.39 is 5.97 Å². The summed E-state index contributed by atoms with van der Waals surface area (Å²) < 4.78 is 0. The second-order valence-electron chi connectivity index (χ2n) is 2.62. The van der Waals surface area contributed by atoms with Crippen LogP contribution in [0.3, 0.4) is 0 Å². The number of carboxylic acids is 1. The Hall–Kier alpha value is -0.690. The van der Waals surface area contributed by atoms with E-state index in [9.17, 15) is 4.79 Å². The van der Waals surface area contributed by atoms with E-state index in [0.717, 1.165) is 0 Å². The van der Waals surface area contributed by atoms with Gasteiger partial charge in [-0.1, -0.05) is 0 Å². The number of carbonyl (C=O) groups is 1. The number of hydrogen-bond acceptors (Lipinski definition) is 5. The summed E-state index contributed by atoms with van der Waals surface area (Å²) in [6.45, 7) is 0.344. The van der Waals surface area contributed by atoms with E-state index in [1.165, 1.54) is 0 Å². The van der Waals surface area contributed by atoms with Crippen molar-refractivity contribution in [3.8, 4) is 0 Å². The lowest BCUT2D eigenvalue weighted by atomic mass is 10.5. The average molecular weight is 159 g/mol. The number of carboxylic acid groups (broad SMARTS) is 1. The minimum absolute atomic E-state index is 0.0237. The quantitative estimate of drug-likeness (QED) is 0.409. The number of nitrogens with zero attached hydrogens (tertiary/aromatic N) is 1. The highest BCUT2D eigenvalue weighted by Gasteiger charge is 2.45. The van der Waals surface area contributed by atoms with Gasteiger partial charge in [0, 0.05) is 0 Å². The lowest BCUT2D eigenvalue weighted by Crippen LogP contribution is -2.44. The molecule has 11 heavy (non-hydrogen) atoms. The third-order valence-electron chi connectivity index (χ3n) is 1.73. The molecule has 62 valence electrons. The first-order chi connectivity index (χ1) is 5.27. The second kappa shape index (κ2) is 2.42. The first-order valence-corrected chi connectivity index (χ1v) is 3.36. The van der Waals surface area contributed by atoms with E-state index in [-0.39, 0.29) is 18.9 Å². The van der Waals surface area contributed by atoms with Gasteiger partial charge >= 0.3 is 5.97 Å². The lowest BCUT2D eigenvalue weighted by molar-refractivity contribution is -0.143. The summed E-state index contributed by atoms with van der Waals surface area (Å²) in [5.74, 6) is -0.831. The fourth-order valence-electron chi connectivity index (χ4n) is 1.15. The molecule has 3 N–H and O–H groups in total. The van der Waals surface area contributed by atoms with Gasteiger partial charge in [0.1, 0.15) is 19.4 Å². The number of aliphatic carboxylic acids is 1. The normalized spacial score (nSPS) is 36.4. The van der Waals surface area contributed by atoms with Crippen LogP contribution in [0.15, 0.2) is 0 Å². The predicted octanol–water partition coefficient (Wildman–Crippen LogP) is -1.88. The van der Waals surface area contributed by atoms with Gasteiger partial charge in [-0.15, -0.1) is 0 Å². The topological polar surface area (TPSA) is 83.7 Å². The molecule has 0 aromatic rings. The number of hydroxylamine groups is 1. The van der Waals surface area contributed by atoms with Gasteiger partial charge in [0.2, 0.25) is 0 Å². The Morgan fingerprint density at radius 1 is 1.82 bits per heavy atom. The number of nitrogens with one attached hydrogen (secondary N) is 2. The monoisotopic (exact) mass is 159 g/mol. The molecule has 0 aliphatic carbocycles. The predicted molar refractivity (Wildman–Crippen MR) is 34.1 cm³/mol. The van der Waals surface area contributed by atoms with Crippen LogP contribution < -0.4 is 10.8 Å². The van der Waals surface area contributed by atoms with E-state index in [1.807, 2.05) is 0 Å². The van der Waals surface area contributed by atoms with Crippen LogP contribution in [-0.2, 0) is 9.63 Å². The summed E-state index contributed by atoms with van der Waals surface area (Å²) in [6, 6.07) is 0. The fraction of sp³-hybridized carbons (Fsp3) is 0.800. The van der Waals surface area contributed by atoms with Crippen LogP contribution in [0.5, 0.6) is 0 Å². The van der Waals surface area contributed by atoms with Crippen LogP contribution in [0.25, 0.3) is 0 Å². The molecule has 0 aromatic carbocycles. The molecule has 6 nitrogen and oxygen atoms in total. The maximum Gasteiger partial charge on any atom is 0.317 e. The maximum absolute atomic E-state index is 10.3. The first kappa shape index (κ1) is 6.99. The molecule has 2 heterocycles. The van der Waals surface area contributed by atoms with Gasteiger partial charge in [0.15, 0.2) is 0 Å². The van der Waals surface area contributed by atoms with Gasteiger partial charge in [0.05, 0.1) is 6.17 Å². The minimum atomic E-state index is -0.831. The SMILES string of the molecule is O=C(O)CN1CONC2NC21. The van der Waals surface area contributed by atoms with Gasteiger partial charge in [-0.2, -0.15) is 5.48 Å². The van der Waals surface area contributed by atoms with Crippen molar-refractivity contribution >= 4 is 5.97 Å². The minimum Gasteiger partial charge on any atom is -0.480 e. The molecule has 2 saturated heterocycles. The zero-order valence-electron chi connectivity index (χ0n) is 5.78. The van der Waals surface area contributed by atoms with Gasteiger partial charge in [-0.25, -0.2) is 4.90 Å². The summed E-state index contributed by atoms with van der Waals surface area (Å²) in [5, 5.41) is 11.5. The van der Waals surface area contributed by atoms with Crippen LogP contribution >= 0.6 is 0 Å². The molecule has 0 aromatic heterocycles. The molecule has 6 heteroatoms. The largest absolute Gasteiger partial charge is 0.480 e. The van der Waals surface area contributed by atoms with E-state index >= 15 is 0 Å². The van der Waals surface area contributed by atoms with Crippen LogP contribution in [0.2, 0.25) is 0 Å². The summed E-state index contributed by atoms with van der Waals surface area (Å²) in [5.41, 5.74) is 2.71. The Labute approximate surface area is 63.1 Å². The van der Waals surface area contributed by atoms with Gasteiger partial charge < -0.3 is 5.11 Å². The Bertz CT molecular complexity index is 186. The number of hydrogen-bond donors (Lipinski definition) is 3. The summed E-state index contributed by atoms with van der Waals surface area (Å²) in [7, 11) is 0. The van der Waals surface area contributed by atoms with Crippen molar-refractivity contribution in [1.82, 2.24) is 15.7 Å². The summed E-state index contributed by atoms with van der Waals surface area (Å²) in [6.07, 6.45) is 0.253. The highest BCUT2D eigenvalue weighted by molar-refractivity contribution is 5.69. The second-order valence-corrected chi connectivity index (χ2v) is 2.62. The summed E-state index contributed by atoms with van der Waals surface area (Å²) in [4.78, 5) is 16.9. The molecule has 0 spiro atoms. The highest BCUT2D eigenvalue weighted by atomic mass is 16.7. The Kier molecular flexibility index (Phi) is 1.53. The molecule has 2 aliphatic rings. The average Bonchev–Trinajstić information content (AvgIpc) is 2.65. The van der Waals surface area contributed by atoms with Crippen LogP contribution in [0.4, 0.5) is 0 Å². The van der Waals surface area contributed by atoms with E-state index in [0.29, 0.717) is 6.73 Å². The van der Waals surface area contributed by atoms with Crippen molar-refractivity contribution in [3.63, 3.8) is 0 Å². The number of fused-ring (bicyclic) bond motifs is 1. The smallest absolute Gasteiger partial charge is 0.317 e. The van der Waals surface area contributed by atoms with E-state index in [4.69, 9.17) is 9.94 Å². The Balaban J connectivity index is 1.88. The summed E-state index contributed by atoms with van der Waals surface area (Å²) >= 11 is 0. The molecule has 0 saturated carbocycles. The number of rotatable bonds is 2. The first-order valence-electron chi connectivity index (χ1n) is 3.36. The zero-order chi connectivity index (χ0) is 7.84. The molecular weight excluding hydrogens is 150 g/mol. The van der Waals surface area contributed by atoms with Crippen molar-refractivity contribution in [2.24, 2.45) is 0 Å². The van der Waals surface area contributed by atoms with Crippen molar-refractivity contribution in [1.29, 1.82) is 0 Å². The van der Waals surface area contributed by atoms with Crippen molar-refractivity contribution in [3.05, 3.63) is 0 Å². The van der Waals surface area contributed by atoms with Crippen LogP contribution in [0.1, 0.15) is 0 Å². The van der Waals surface area contributed by atoms with E-state index in [2.05, 4.69) is 10.8 Å². The maximum atomic E-state index is 10.3. The third-order valence-corrected chi connectivity index (χ3v) is 1.73. The molecule has 0 amide bonds. The molecule has 2 rings (SSSR count). The van der Waals surface area contributed by atoms with E-state index in [1.54, 1.807) is 4.90 Å². The zero-order valence-corrected chi connectivity index (χ0v) is 5.78. The van der Waals surface area contributed by atoms with Crippen LogP contribution in [-0.4, -0.2) is 41.6 Å². The molecule has 2 unspecified atom stereocenters.